The van der Waals surface area contributed by atoms with Crippen LogP contribution < -0.4 is 11.5 Å². The number of nitrogens with two attached hydrogens (primary N) is 2. The topological polar surface area (TPSA) is 103 Å². The fourth-order valence-electron chi connectivity index (χ4n) is 2.46. The molecular weight excluding hydrogens is 232 g/mol. The normalized spacial score (nSPS) is 14.8. The van der Waals surface area contributed by atoms with Gasteiger partial charge in [-0.15, -0.1) is 0 Å². The molecule has 104 valence electrons. The first kappa shape index (κ1) is 16.6. The number of amides is 2. The maximum absolute atomic E-state index is 11.6. The van der Waals surface area contributed by atoms with Gasteiger partial charge in [0, 0.05) is 12.3 Å². The van der Waals surface area contributed by atoms with Crippen LogP contribution >= 0.6 is 0 Å². The molecule has 0 rings (SSSR count). The standard InChI is InChI=1S/C13H24N2O3/c1-4-9(8-16)11(12(15)18)13(2,3)7-5-6-10(14)17/h8-9,11H,4-7H2,1-3H3,(H2,14,17)(H2,15,18). The monoisotopic (exact) mass is 256 g/mol. The molecule has 0 heterocycles. The molecule has 2 unspecified atom stereocenters. The predicted molar refractivity (Wildman–Crippen MR) is 69.4 cm³/mol. The van der Waals surface area contributed by atoms with E-state index in [2.05, 4.69) is 0 Å². The van der Waals surface area contributed by atoms with Crippen LogP contribution in [-0.2, 0) is 14.4 Å². The molecule has 0 radical (unpaired) electrons. The maximum atomic E-state index is 11.6. The van der Waals surface area contributed by atoms with Gasteiger partial charge in [0.2, 0.25) is 11.8 Å². The van der Waals surface area contributed by atoms with Crippen molar-refractivity contribution in [2.75, 3.05) is 0 Å². The molecule has 0 aliphatic carbocycles. The van der Waals surface area contributed by atoms with Gasteiger partial charge in [-0.05, 0) is 24.7 Å². The van der Waals surface area contributed by atoms with Crippen molar-refractivity contribution >= 4 is 18.1 Å². The van der Waals surface area contributed by atoms with Crippen molar-refractivity contribution in [1.82, 2.24) is 0 Å². The van der Waals surface area contributed by atoms with E-state index in [4.69, 9.17) is 11.5 Å². The van der Waals surface area contributed by atoms with Gasteiger partial charge in [0.25, 0.3) is 0 Å². The summed E-state index contributed by atoms with van der Waals surface area (Å²) in [6, 6.07) is 0. The van der Waals surface area contributed by atoms with E-state index in [1.807, 2.05) is 20.8 Å². The number of hydrogen-bond donors (Lipinski definition) is 2. The summed E-state index contributed by atoms with van der Waals surface area (Å²) in [4.78, 5) is 33.3. The third kappa shape index (κ3) is 4.85. The van der Waals surface area contributed by atoms with Crippen LogP contribution in [0.3, 0.4) is 0 Å². The molecule has 5 heteroatoms. The first-order valence-electron chi connectivity index (χ1n) is 6.29. The summed E-state index contributed by atoms with van der Waals surface area (Å²) >= 11 is 0. The van der Waals surface area contributed by atoms with Crippen molar-refractivity contribution < 1.29 is 14.4 Å². The van der Waals surface area contributed by atoms with E-state index in [-0.39, 0.29) is 18.2 Å². The fraction of sp³-hybridized carbons (Fsp3) is 0.769. The Morgan fingerprint density at radius 1 is 1.28 bits per heavy atom. The van der Waals surface area contributed by atoms with E-state index >= 15 is 0 Å². The lowest BCUT2D eigenvalue weighted by Crippen LogP contribution is -2.41. The molecule has 0 aromatic rings. The number of hydrogen-bond acceptors (Lipinski definition) is 3. The zero-order chi connectivity index (χ0) is 14.3. The zero-order valence-electron chi connectivity index (χ0n) is 11.4. The zero-order valence-corrected chi connectivity index (χ0v) is 11.4. The van der Waals surface area contributed by atoms with Gasteiger partial charge in [0.15, 0.2) is 0 Å². The van der Waals surface area contributed by atoms with Crippen molar-refractivity contribution in [1.29, 1.82) is 0 Å². The van der Waals surface area contributed by atoms with Crippen LogP contribution in [0.1, 0.15) is 46.5 Å². The fourth-order valence-corrected chi connectivity index (χ4v) is 2.46. The summed E-state index contributed by atoms with van der Waals surface area (Å²) in [6.45, 7) is 5.65. The van der Waals surface area contributed by atoms with Gasteiger partial charge in [-0.1, -0.05) is 20.8 Å². The Kier molecular flexibility index (Phi) is 6.58. The average Bonchev–Trinajstić information content (AvgIpc) is 2.23. The average molecular weight is 256 g/mol. The second-order valence-corrected chi connectivity index (χ2v) is 5.40. The Hall–Kier alpha value is -1.39. The van der Waals surface area contributed by atoms with Gasteiger partial charge in [0.1, 0.15) is 6.29 Å². The maximum Gasteiger partial charge on any atom is 0.221 e. The van der Waals surface area contributed by atoms with Crippen molar-refractivity contribution in [3.63, 3.8) is 0 Å². The van der Waals surface area contributed by atoms with E-state index in [1.165, 1.54) is 0 Å². The van der Waals surface area contributed by atoms with Gasteiger partial charge in [-0.3, -0.25) is 9.59 Å². The van der Waals surface area contributed by atoms with Crippen LogP contribution in [0.15, 0.2) is 0 Å². The predicted octanol–water partition coefficient (Wildman–Crippen LogP) is 0.995. The van der Waals surface area contributed by atoms with Crippen LogP contribution in [0.5, 0.6) is 0 Å². The lowest BCUT2D eigenvalue weighted by Gasteiger charge is -2.35. The smallest absolute Gasteiger partial charge is 0.221 e. The summed E-state index contributed by atoms with van der Waals surface area (Å²) < 4.78 is 0. The Morgan fingerprint density at radius 2 is 1.83 bits per heavy atom. The third-order valence-electron chi connectivity index (χ3n) is 3.47. The number of carbonyl (C=O) groups excluding carboxylic acids is 3. The number of rotatable bonds is 9. The van der Waals surface area contributed by atoms with Gasteiger partial charge in [0.05, 0.1) is 5.92 Å². The lowest BCUT2D eigenvalue weighted by atomic mass is 9.68. The molecule has 4 N–H and O–H groups in total. The summed E-state index contributed by atoms with van der Waals surface area (Å²) in [5.41, 5.74) is 10.1. The Labute approximate surface area is 108 Å². The number of primary amides is 2. The Morgan fingerprint density at radius 3 is 2.17 bits per heavy atom. The van der Waals surface area contributed by atoms with E-state index in [1.54, 1.807) is 0 Å². The molecule has 0 aliphatic rings. The highest BCUT2D eigenvalue weighted by molar-refractivity contribution is 5.81. The van der Waals surface area contributed by atoms with Gasteiger partial charge in [-0.25, -0.2) is 0 Å². The van der Waals surface area contributed by atoms with Crippen molar-refractivity contribution in [3.8, 4) is 0 Å². The highest BCUT2D eigenvalue weighted by Gasteiger charge is 2.38. The summed E-state index contributed by atoms with van der Waals surface area (Å²) in [7, 11) is 0. The summed E-state index contributed by atoms with van der Waals surface area (Å²) in [6.07, 6.45) is 2.89. The van der Waals surface area contributed by atoms with E-state index < -0.39 is 17.2 Å². The highest BCUT2D eigenvalue weighted by Crippen LogP contribution is 2.37. The van der Waals surface area contributed by atoms with Gasteiger partial charge in [-0.2, -0.15) is 0 Å². The lowest BCUT2D eigenvalue weighted by molar-refractivity contribution is -0.132. The molecular formula is C13H24N2O3. The van der Waals surface area contributed by atoms with E-state index in [0.29, 0.717) is 19.3 Å². The van der Waals surface area contributed by atoms with Crippen molar-refractivity contribution in [2.45, 2.75) is 46.5 Å². The minimum atomic E-state index is -0.507. The summed E-state index contributed by atoms with van der Waals surface area (Å²) in [5.74, 6) is -1.69. The molecule has 18 heavy (non-hydrogen) atoms. The molecule has 0 spiro atoms. The highest BCUT2D eigenvalue weighted by atomic mass is 16.1. The van der Waals surface area contributed by atoms with Crippen LogP contribution in [0, 0.1) is 17.3 Å². The van der Waals surface area contributed by atoms with Crippen LogP contribution in [0.25, 0.3) is 0 Å². The second-order valence-electron chi connectivity index (χ2n) is 5.40. The minimum absolute atomic E-state index is 0.285. The SMILES string of the molecule is CCC(C=O)C(C(N)=O)C(C)(C)CCCC(N)=O. The summed E-state index contributed by atoms with van der Waals surface area (Å²) in [5, 5.41) is 0. The molecule has 0 bridgehead atoms. The molecule has 0 saturated carbocycles. The largest absolute Gasteiger partial charge is 0.370 e. The first-order valence-corrected chi connectivity index (χ1v) is 6.29. The number of carbonyl (C=O) groups is 3. The first-order chi connectivity index (χ1) is 8.26. The number of aldehydes is 1. The Balaban J connectivity index is 4.80. The minimum Gasteiger partial charge on any atom is -0.370 e. The van der Waals surface area contributed by atoms with Gasteiger partial charge < -0.3 is 16.3 Å². The Bertz CT molecular complexity index is 313. The van der Waals surface area contributed by atoms with E-state index in [0.717, 1.165) is 6.29 Å². The van der Waals surface area contributed by atoms with Crippen molar-refractivity contribution in [3.05, 3.63) is 0 Å². The van der Waals surface area contributed by atoms with E-state index in [9.17, 15) is 14.4 Å². The third-order valence-corrected chi connectivity index (χ3v) is 3.47. The van der Waals surface area contributed by atoms with Gasteiger partial charge >= 0.3 is 0 Å². The van der Waals surface area contributed by atoms with Crippen LogP contribution in [0.2, 0.25) is 0 Å². The van der Waals surface area contributed by atoms with Crippen molar-refractivity contribution in [2.24, 2.45) is 28.7 Å². The second kappa shape index (κ2) is 7.13. The molecule has 0 aliphatic heterocycles. The molecule has 0 fully saturated rings. The molecule has 5 nitrogen and oxygen atoms in total. The van der Waals surface area contributed by atoms with Crippen LogP contribution in [-0.4, -0.2) is 18.1 Å². The molecule has 2 atom stereocenters. The molecule has 0 saturated heterocycles. The molecule has 0 aromatic carbocycles. The molecule has 0 aromatic heterocycles. The quantitative estimate of drug-likeness (QED) is 0.601. The molecule has 2 amide bonds. The van der Waals surface area contributed by atoms with Crippen LogP contribution in [0.4, 0.5) is 0 Å².